The van der Waals surface area contributed by atoms with E-state index in [-0.39, 0.29) is 17.2 Å². The molecule has 0 radical (unpaired) electrons. The smallest absolute Gasteiger partial charge is 0.266 e. The number of halogens is 2. The molecule has 4 rings (SSSR count). The third-order valence-electron chi connectivity index (χ3n) is 4.14. The fraction of sp³-hybridized carbons (Fsp3) is 0.0476. The molecule has 0 unspecified atom stereocenters. The maximum absolute atomic E-state index is 13.2. The van der Waals surface area contributed by atoms with E-state index in [2.05, 4.69) is 31.4 Å². The van der Waals surface area contributed by atoms with Crippen LogP contribution in [0.25, 0.3) is 16.6 Å². The van der Waals surface area contributed by atoms with Crippen LogP contribution in [-0.4, -0.2) is 27.4 Å². The number of benzene rings is 2. The van der Waals surface area contributed by atoms with Crippen LogP contribution in [-0.2, 0) is 4.79 Å². The molecule has 1 N–H and O–H groups in total. The fourth-order valence-electron chi connectivity index (χ4n) is 2.75. The third kappa shape index (κ3) is 5.24. The zero-order valence-electron chi connectivity index (χ0n) is 15.8. The van der Waals surface area contributed by atoms with Gasteiger partial charge in [-0.05, 0) is 64.5 Å². The van der Waals surface area contributed by atoms with Crippen LogP contribution < -0.4 is 11.0 Å². The van der Waals surface area contributed by atoms with Gasteiger partial charge in [-0.2, -0.15) is 5.10 Å². The second kappa shape index (κ2) is 9.78. The van der Waals surface area contributed by atoms with E-state index >= 15 is 0 Å². The fourth-order valence-corrected chi connectivity index (χ4v) is 4.98. The Morgan fingerprint density at radius 3 is 2.71 bits per heavy atom. The van der Waals surface area contributed by atoms with Crippen LogP contribution in [0, 0.1) is 0 Å². The van der Waals surface area contributed by atoms with Crippen molar-refractivity contribution in [3.63, 3.8) is 0 Å². The molecule has 10 heteroatoms. The quantitative estimate of drug-likeness (QED) is 0.162. The molecular weight excluding hydrogens is 520 g/mol. The molecule has 0 saturated heterocycles. The number of para-hydroxylation sites is 1. The molecule has 0 atom stereocenters. The molecular formula is C21H14BrClN4O2S2. The molecule has 0 aliphatic rings. The van der Waals surface area contributed by atoms with Gasteiger partial charge in [-0.15, -0.1) is 11.3 Å². The lowest BCUT2D eigenvalue weighted by Crippen LogP contribution is -2.24. The van der Waals surface area contributed by atoms with Gasteiger partial charge in [0.1, 0.15) is 0 Å². The number of hydrogen-bond acceptors (Lipinski definition) is 6. The summed E-state index contributed by atoms with van der Waals surface area (Å²) in [6.07, 6.45) is 1.58. The molecule has 0 saturated carbocycles. The van der Waals surface area contributed by atoms with Gasteiger partial charge in [-0.25, -0.2) is 10.4 Å². The monoisotopic (exact) mass is 532 g/mol. The summed E-state index contributed by atoms with van der Waals surface area (Å²) in [4.78, 5) is 30.9. The summed E-state index contributed by atoms with van der Waals surface area (Å²) in [6.45, 7) is 0. The first-order chi connectivity index (χ1) is 15.0. The van der Waals surface area contributed by atoms with Crippen LogP contribution in [0.4, 0.5) is 0 Å². The first-order valence-corrected chi connectivity index (χ1v) is 12.0. The predicted octanol–water partition coefficient (Wildman–Crippen LogP) is 5.11. The number of nitrogens with one attached hydrogen (secondary N) is 1. The second-order valence-corrected chi connectivity index (χ2v) is 10.1. The first-order valence-electron chi connectivity index (χ1n) is 8.99. The molecule has 2 aromatic carbocycles. The second-order valence-electron chi connectivity index (χ2n) is 6.25. The SMILES string of the molecule is O=C(CSc1nc2ccccc2c(=O)n1-c1ccc(Cl)cc1)N/N=C/c1ccc(Br)s1. The van der Waals surface area contributed by atoms with Crippen LogP contribution >= 0.6 is 50.6 Å². The summed E-state index contributed by atoms with van der Waals surface area (Å²) in [6, 6.07) is 17.8. The molecule has 0 fully saturated rings. The highest BCUT2D eigenvalue weighted by Gasteiger charge is 2.14. The number of nitrogens with zero attached hydrogens (tertiary/aromatic N) is 3. The van der Waals surface area contributed by atoms with Crippen LogP contribution in [0.3, 0.4) is 0 Å². The minimum absolute atomic E-state index is 0.0455. The molecule has 31 heavy (non-hydrogen) atoms. The normalized spacial score (nSPS) is 11.3. The zero-order chi connectivity index (χ0) is 21.8. The van der Waals surface area contributed by atoms with Crippen molar-refractivity contribution in [1.82, 2.24) is 15.0 Å². The van der Waals surface area contributed by atoms with Gasteiger partial charge in [0.2, 0.25) is 0 Å². The van der Waals surface area contributed by atoms with Gasteiger partial charge in [0.15, 0.2) is 5.16 Å². The number of thioether (sulfide) groups is 1. The van der Waals surface area contributed by atoms with Crippen molar-refractivity contribution in [2.75, 3.05) is 5.75 Å². The molecule has 2 heterocycles. The Morgan fingerprint density at radius 1 is 1.19 bits per heavy atom. The van der Waals surface area contributed by atoms with Gasteiger partial charge >= 0.3 is 0 Å². The lowest BCUT2D eigenvalue weighted by atomic mass is 10.2. The lowest BCUT2D eigenvalue weighted by molar-refractivity contribution is -0.118. The average Bonchev–Trinajstić information content (AvgIpc) is 3.18. The van der Waals surface area contributed by atoms with Gasteiger partial charge in [0, 0.05) is 9.90 Å². The first kappa shape index (κ1) is 21.8. The van der Waals surface area contributed by atoms with Gasteiger partial charge in [0.25, 0.3) is 11.5 Å². The minimum atomic E-state index is -0.304. The van der Waals surface area contributed by atoms with Crippen molar-refractivity contribution in [3.8, 4) is 5.69 Å². The zero-order valence-corrected chi connectivity index (χ0v) is 19.8. The lowest BCUT2D eigenvalue weighted by Gasteiger charge is -2.13. The molecule has 0 aliphatic heterocycles. The molecule has 0 aliphatic carbocycles. The predicted molar refractivity (Wildman–Crippen MR) is 131 cm³/mol. The van der Waals surface area contributed by atoms with E-state index in [1.165, 1.54) is 15.9 Å². The summed E-state index contributed by atoms with van der Waals surface area (Å²) in [5, 5.41) is 5.45. The largest absolute Gasteiger partial charge is 0.272 e. The van der Waals surface area contributed by atoms with Crippen molar-refractivity contribution in [2.45, 2.75) is 5.16 Å². The average molecular weight is 534 g/mol. The Kier molecular flexibility index (Phi) is 6.86. The maximum Gasteiger partial charge on any atom is 0.266 e. The Balaban J connectivity index is 1.58. The summed E-state index contributed by atoms with van der Waals surface area (Å²) < 4.78 is 2.47. The number of carbonyl (C=O) groups is 1. The highest BCUT2D eigenvalue weighted by atomic mass is 79.9. The molecule has 0 spiro atoms. The van der Waals surface area contributed by atoms with Crippen molar-refractivity contribution in [3.05, 3.63) is 84.7 Å². The Morgan fingerprint density at radius 2 is 1.97 bits per heavy atom. The number of hydrazone groups is 1. The topological polar surface area (TPSA) is 76.3 Å². The highest BCUT2D eigenvalue weighted by Crippen LogP contribution is 2.22. The van der Waals surface area contributed by atoms with Gasteiger partial charge < -0.3 is 0 Å². The number of carbonyl (C=O) groups excluding carboxylic acids is 1. The van der Waals surface area contributed by atoms with Gasteiger partial charge in [-0.3, -0.25) is 14.2 Å². The van der Waals surface area contributed by atoms with Crippen molar-refractivity contribution >= 4 is 73.7 Å². The number of hydrogen-bond donors (Lipinski definition) is 1. The molecule has 0 bridgehead atoms. The number of fused-ring (bicyclic) bond motifs is 1. The number of thiophene rings is 1. The highest BCUT2D eigenvalue weighted by molar-refractivity contribution is 9.11. The third-order valence-corrected chi connectivity index (χ3v) is 6.89. The van der Waals surface area contributed by atoms with E-state index in [9.17, 15) is 9.59 Å². The Hall–Kier alpha value is -2.46. The van der Waals surface area contributed by atoms with Crippen LogP contribution in [0.15, 0.2) is 79.5 Å². The van der Waals surface area contributed by atoms with E-state index in [0.717, 1.165) is 20.4 Å². The Labute approximate surface area is 199 Å². The standard InChI is InChI=1S/C21H14BrClN4O2S2/c22-18-10-9-15(31-18)11-24-26-19(28)12-30-21-25-17-4-2-1-3-16(17)20(29)27(21)14-7-5-13(23)6-8-14/h1-11H,12H2,(H,26,28)/b24-11+. The molecule has 4 aromatic rings. The molecule has 156 valence electrons. The van der Waals surface area contributed by atoms with E-state index in [1.54, 1.807) is 48.7 Å². The summed E-state index contributed by atoms with van der Waals surface area (Å²) in [5.74, 6) is -0.258. The maximum atomic E-state index is 13.2. The van der Waals surface area contributed by atoms with E-state index in [4.69, 9.17) is 11.6 Å². The van der Waals surface area contributed by atoms with Gasteiger partial charge in [0.05, 0.1) is 32.3 Å². The Bertz CT molecular complexity index is 1340. The van der Waals surface area contributed by atoms with E-state index in [1.807, 2.05) is 18.2 Å². The van der Waals surface area contributed by atoms with Crippen LogP contribution in [0.5, 0.6) is 0 Å². The van der Waals surface area contributed by atoms with Crippen molar-refractivity contribution < 1.29 is 4.79 Å². The van der Waals surface area contributed by atoms with Crippen molar-refractivity contribution in [1.29, 1.82) is 0 Å². The molecule has 6 nitrogen and oxygen atoms in total. The molecule has 2 aromatic heterocycles. The summed E-state index contributed by atoms with van der Waals surface area (Å²) >= 11 is 12.0. The van der Waals surface area contributed by atoms with E-state index in [0.29, 0.717) is 26.8 Å². The number of aromatic nitrogens is 2. The summed E-state index contributed by atoms with van der Waals surface area (Å²) in [7, 11) is 0. The summed E-state index contributed by atoms with van der Waals surface area (Å²) in [5.41, 5.74) is 3.48. The van der Waals surface area contributed by atoms with Gasteiger partial charge in [-0.1, -0.05) is 35.5 Å². The number of rotatable bonds is 6. The van der Waals surface area contributed by atoms with Crippen molar-refractivity contribution in [2.24, 2.45) is 5.10 Å². The molecule has 1 amide bonds. The van der Waals surface area contributed by atoms with E-state index < -0.39 is 0 Å². The van der Waals surface area contributed by atoms with Crippen LogP contribution in [0.1, 0.15) is 4.88 Å². The minimum Gasteiger partial charge on any atom is -0.272 e. The number of amides is 1. The van der Waals surface area contributed by atoms with Crippen LogP contribution in [0.2, 0.25) is 5.02 Å².